The van der Waals surface area contributed by atoms with E-state index in [2.05, 4.69) is 6.08 Å². The van der Waals surface area contributed by atoms with Crippen LogP contribution in [0.5, 0.6) is 0 Å². The molecule has 3 atom stereocenters. The summed E-state index contributed by atoms with van der Waals surface area (Å²) in [4.78, 5) is 9.00. The maximum absolute atomic E-state index is 9.00. The summed E-state index contributed by atoms with van der Waals surface area (Å²) in [6.45, 7) is 1.99. The highest BCUT2D eigenvalue weighted by atomic mass is 16.4. The minimum Gasteiger partial charge on any atom is -0.481 e. The molecule has 0 aromatic heterocycles. The van der Waals surface area contributed by atoms with Crippen LogP contribution < -0.4 is 5.73 Å². The highest BCUT2D eigenvalue weighted by Gasteiger charge is 2.42. The molecule has 3 heteroatoms. The zero-order valence-electron chi connectivity index (χ0n) is 12.7. The van der Waals surface area contributed by atoms with Gasteiger partial charge >= 0.3 is 0 Å². The van der Waals surface area contributed by atoms with Gasteiger partial charge in [-0.15, -0.1) is 0 Å². The molecule has 0 radical (unpaired) electrons. The highest BCUT2D eigenvalue weighted by molar-refractivity contribution is 5.62. The number of carbonyl (C=O) groups is 1. The van der Waals surface area contributed by atoms with E-state index in [-0.39, 0.29) is 0 Å². The number of carboxylic acids is 1. The lowest BCUT2D eigenvalue weighted by Crippen LogP contribution is -2.37. The predicted octanol–water partition coefficient (Wildman–Crippen LogP) is 3.59. The Morgan fingerprint density at radius 2 is 2.00 bits per heavy atom. The zero-order valence-corrected chi connectivity index (χ0v) is 12.7. The van der Waals surface area contributed by atoms with Crippen LogP contribution in [0.3, 0.4) is 0 Å². The summed E-state index contributed by atoms with van der Waals surface area (Å²) in [5.74, 6) is 2.89. The van der Waals surface area contributed by atoms with Gasteiger partial charge in [-0.1, -0.05) is 43.8 Å². The molecule has 0 spiro atoms. The lowest BCUT2D eigenvalue weighted by molar-refractivity contribution is -0.134. The second-order valence-corrected chi connectivity index (χ2v) is 6.83. The van der Waals surface area contributed by atoms with Gasteiger partial charge in [-0.25, -0.2) is 0 Å². The topological polar surface area (TPSA) is 63.3 Å². The van der Waals surface area contributed by atoms with E-state index in [1.165, 1.54) is 51.4 Å². The smallest absolute Gasteiger partial charge is 0.300 e. The number of allylic oxidation sites excluding steroid dienone is 2. The van der Waals surface area contributed by atoms with Crippen molar-refractivity contribution in [3.05, 3.63) is 11.6 Å². The van der Waals surface area contributed by atoms with Crippen LogP contribution in [0.15, 0.2) is 11.6 Å². The molecule has 0 bridgehead atoms. The van der Waals surface area contributed by atoms with Gasteiger partial charge in [0.25, 0.3) is 5.97 Å². The van der Waals surface area contributed by atoms with Gasteiger partial charge < -0.3 is 10.8 Å². The van der Waals surface area contributed by atoms with E-state index in [0.717, 1.165) is 37.1 Å². The Morgan fingerprint density at radius 3 is 2.60 bits per heavy atom. The van der Waals surface area contributed by atoms with Crippen molar-refractivity contribution in [1.29, 1.82) is 0 Å². The summed E-state index contributed by atoms with van der Waals surface area (Å²) in [6, 6.07) is 0. The fourth-order valence-corrected chi connectivity index (χ4v) is 4.23. The van der Waals surface area contributed by atoms with Gasteiger partial charge in [0.15, 0.2) is 0 Å². The third kappa shape index (κ3) is 4.08. The number of carboxylic acid groups (broad SMARTS) is 1. The summed E-state index contributed by atoms with van der Waals surface area (Å²) in [6.07, 6.45) is 14.3. The SMILES string of the molecule is CC(=O)O.NCC1CC2CC(CC3CCCCC3)=CC12. The monoisotopic (exact) mass is 279 g/mol. The minimum absolute atomic E-state index is 0.828. The molecule has 0 amide bonds. The summed E-state index contributed by atoms with van der Waals surface area (Å²) in [5, 5.41) is 7.42. The van der Waals surface area contributed by atoms with Gasteiger partial charge in [0, 0.05) is 6.92 Å². The average Bonchev–Trinajstić information content (AvgIpc) is 2.69. The first-order valence-corrected chi connectivity index (χ1v) is 8.19. The molecular weight excluding hydrogens is 250 g/mol. The second-order valence-electron chi connectivity index (χ2n) is 6.83. The van der Waals surface area contributed by atoms with E-state index >= 15 is 0 Å². The van der Waals surface area contributed by atoms with Crippen molar-refractivity contribution in [2.75, 3.05) is 6.54 Å². The Bertz CT molecular complexity index is 354. The van der Waals surface area contributed by atoms with Gasteiger partial charge in [-0.3, -0.25) is 4.79 Å². The molecule has 0 saturated heterocycles. The fraction of sp³-hybridized carbons (Fsp3) is 0.824. The number of rotatable bonds is 3. The van der Waals surface area contributed by atoms with Gasteiger partial charge in [0.05, 0.1) is 0 Å². The van der Waals surface area contributed by atoms with Crippen molar-refractivity contribution in [1.82, 2.24) is 0 Å². The van der Waals surface area contributed by atoms with Crippen LogP contribution in [0.2, 0.25) is 0 Å². The van der Waals surface area contributed by atoms with E-state index in [9.17, 15) is 0 Å². The lowest BCUT2D eigenvalue weighted by atomic mass is 9.66. The van der Waals surface area contributed by atoms with Gasteiger partial charge in [-0.2, -0.15) is 0 Å². The fourth-order valence-electron chi connectivity index (χ4n) is 4.23. The third-order valence-corrected chi connectivity index (χ3v) is 5.23. The van der Waals surface area contributed by atoms with E-state index in [1.807, 2.05) is 0 Å². The standard InChI is InChI=1S/C15H25N.C2H4O2/c16-10-14-9-13-7-12(8-15(13)14)6-11-4-2-1-3-5-11;1-2(3)4/h8,11,13-15H,1-7,9-10,16H2;1H3,(H,3,4). The van der Waals surface area contributed by atoms with Crippen LogP contribution in [-0.4, -0.2) is 17.6 Å². The molecule has 20 heavy (non-hydrogen) atoms. The molecule has 114 valence electrons. The maximum atomic E-state index is 9.00. The number of hydrogen-bond donors (Lipinski definition) is 2. The Labute approximate surface area is 122 Å². The molecule has 2 saturated carbocycles. The lowest BCUT2D eigenvalue weighted by Gasteiger charge is -2.39. The first kappa shape index (κ1) is 15.6. The van der Waals surface area contributed by atoms with Crippen LogP contribution in [-0.2, 0) is 4.79 Å². The molecular formula is C17H29NO2. The normalized spacial score (nSPS) is 32.5. The van der Waals surface area contributed by atoms with Crippen molar-refractivity contribution >= 4 is 5.97 Å². The van der Waals surface area contributed by atoms with Crippen molar-refractivity contribution in [2.45, 2.75) is 58.3 Å². The number of hydrogen-bond acceptors (Lipinski definition) is 2. The Hall–Kier alpha value is -0.830. The van der Waals surface area contributed by atoms with Gasteiger partial charge in [0.1, 0.15) is 0 Å². The zero-order chi connectivity index (χ0) is 14.5. The summed E-state index contributed by atoms with van der Waals surface area (Å²) in [5.41, 5.74) is 7.58. The van der Waals surface area contributed by atoms with Gasteiger partial charge in [0.2, 0.25) is 0 Å². The van der Waals surface area contributed by atoms with Crippen LogP contribution in [0, 0.1) is 23.7 Å². The Morgan fingerprint density at radius 1 is 1.35 bits per heavy atom. The first-order chi connectivity index (χ1) is 9.60. The quantitative estimate of drug-likeness (QED) is 0.776. The first-order valence-electron chi connectivity index (χ1n) is 8.19. The summed E-state index contributed by atoms with van der Waals surface area (Å²) >= 11 is 0. The maximum Gasteiger partial charge on any atom is 0.300 e. The number of nitrogens with two attached hydrogens (primary N) is 1. The molecule has 3 rings (SSSR count). The van der Waals surface area contributed by atoms with Crippen LogP contribution in [0.25, 0.3) is 0 Å². The molecule has 0 aromatic rings. The largest absolute Gasteiger partial charge is 0.481 e. The minimum atomic E-state index is -0.833. The predicted molar refractivity (Wildman–Crippen MR) is 81.3 cm³/mol. The van der Waals surface area contributed by atoms with Crippen LogP contribution in [0.1, 0.15) is 58.3 Å². The third-order valence-electron chi connectivity index (χ3n) is 5.23. The molecule has 3 aliphatic rings. The Balaban J connectivity index is 0.000000328. The van der Waals surface area contributed by atoms with E-state index in [1.54, 1.807) is 5.57 Å². The van der Waals surface area contributed by atoms with E-state index in [0.29, 0.717) is 0 Å². The van der Waals surface area contributed by atoms with Gasteiger partial charge in [-0.05, 0) is 49.5 Å². The Kier molecular flexibility index (Phi) is 5.64. The van der Waals surface area contributed by atoms with E-state index < -0.39 is 5.97 Å². The van der Waals surface area contributed by atoms with Crippen molar-refractivity contribution in [3.8, 4) is 0 Å². The molecule has 3 unspecified atom stereocenters. The van der Waals surface area contributed by atoms with Crippen molar-refractivity contribution < 1.29 is 9.90 Å². The van der Waals surface area contributed by atoms with Crippen LogP contribution >= 0.6 is 0 Å². The highest BCUT2D eigenvalue weighted by Crippen LogP contribution is 2.50. The number of fused-ring (bicyclic) bond motifs is 1. The number of aliphatic carboxylic acids is 1. The van der Waals surface area contributed by atoms with Crippen LogP contribution in [0.4, 0.5) is 0 Å². The second kappa shape index (κ2) is 7.26. The molecule has 3 nitrogen and oxygen atoms in total. The molecule has 0 aromatic carbocycles. The summed E-state index contributed by atoms with van der Waals surface area (Å²) in [7, 11) is 0. The molecule has 3 N–H and O–H groups in total. The molecule has 0 heterocycles. The van der Waals surface area contributed by atoms with Crippen molar-refractivity contribution in [3.63, 3.8) is 0 Å². The van der Waals surface area contributed by atoms with E-state index in [4.69, 9.17) is 15.6 Å². The molecule has 3 aliphatic carbocycles. The summed E-state index contributed by atoms with van der Waals surface area (Å²) < 4.78 is 0. The molecule has 2 fully saturated rings. The average molecular weight is 279 g/mol. The van der Waals surface area contributed by atoms with Crippen molar-refractivity contribution in [2.24, 2.45) is 29.4 Å². The molecule has 0 aliphatic heterocycles.